The van der Waals surface area contributed by atoms with E-state index in [9.17, 15) is 14.0 Å². The van der Waals surface area contributed by atoms with Crippen LogP contribution in [0.4, 0.5) is 9.18 Å². The van der Waals surface area contributed by atoms with Crippen molar-refractivity contribution in [1.82, 2.24) is 15.5 Å². The van der Waals surface area contributed by atoms with E-state index >= 15 is 0 Å². The van der Waals surface area contributed by atoms with Gasteiger partial charge >= 0.3 is 6.03 Å². The van der Waals surface area contributed by atoms with Crippen molar-refractivity contribution < 1.29 is 14.0 Å². The number of rotatable bonds is 5. The fraction of sp³-hybridized carbons (Fsp3) is 0.529. The molecule has 1 aliphatic heterocycles. The third-order valence-corrected chi connectivity index (χ3v) is 4.01. The van der Waals surface area contributed by atoms with Gasteiger partial charge in [-0.3, -0.25) is 4.79 Å². The van der Waals surface area contributed by atoms with Crippen LogP contribution in [-0.2, 0) is 4.79 Å². The zero-order valence-electron chi connectivity index (χ0n) is 13.6. The highest BCUT2D eigenvalue weighted by atomic mass is 19.1. The van der Waals surface area contributed by atoms with E-state index in [-0.39, 0.29) is 23.8 Å². The zero-order chi connectivity index (χ0) is 16.8. The van der Waals surface area contributed by atoms with Crippen LogP contribution in [0.3, 0.4) is 0 Å². The minimum atomic E-state index is -0.280. The Kier molecular flexibility index (Phi) is 5.96. The predicted molar refractivity (Wildman–Crippen MR) is 86.3 cm³/mol. The largest absolute Gasteiger partial charge is 0.356 e. The molecule has 23 heavy (non-hydrogen) atoms. The van der Waals surface area contributed by atoms with Gasteiger partial charge in [0.1, 0.15) is 5.82 Å². The Hall–Kier alpha value is -2.11. The molecule has 126 valence electrons. The van der Waals surface area contributed by atoms with Gasteiger partial charge in [-0.2, -0.15) is 0 Å². The number of carbonyl (C=O) groups is 2. The first-order valence-electron chi connectivity index (χ1n) is 8.01. The van der Waals surface area contributed by atoms with E-state index in [4.69, 9.17) is 0 Å². The Morgan fingerprint density at radius 1 is 1.30 bits per heavy atom. The van der Waals surface area contributed by atoms with Gasteiger partial charge in [-0.15, -0.1) is 0 Å². The molecule has 2 atom stereocenters. The second-order valence-electron chi connectivity index (χ2n) is 6.13. The zero-order valence-corrected chi connectivity index (χ0v) is 13.6. The summed E-state index contributed by atoms with van der Waals surface area (Å²) in [6.07, 6.45) is 1.52. The summed E-state index contributed by atoms with van der Waals surface area (Å²) >= 11 is 0. The maximum Gasteiger partial charge on any atom is 0.317 e. The lowest BCUT2D eigenvalue weighted by Gasteiger charge is -2.25. The summed E-state index contributed by atoms with van der Waals surface area (Å²) in [5, 5.41) is 5.57. The number of likely N-dealkylation sites (tertiary alicyclic amines) is 1. The normalized spacial score (nSPS) is 20.4. The van der Waals surface area contributed by atoms with Crippen LogP contribution < -0.4 is 10.6 Å². The van der Waals surface area contributed by atoms with Crippen LogP contribution in [-0.4, -0.2) is 36.5 Å². The lowest BCUT2D eigenvalue weighted by atomic mass is 10.0. The van der Waals surface area contributed by atoms with Gasteiger partial charge in [0.2, 0.25) is 5.91 Å². The average molecular weight is 321 g/mol. The van der Waals surface area contributed by atoms with Crippen molar-refractivity contribution in [3.05, 3.63) is 35.6 Å². The number of amides is 3. The van der Waals surface area contributed by atoms with Gasteiger partial charge in [0.25, 0.3) is 0 Å². The number of halogens is 1. The van der Waals surface area contributed by atoms with Crippen molar-refractivity contribution in [3.8, 4) is 0 Å². The lowest BCUT2D eigenvalue weighted by Crippen LogP contribution is -2.40. The summed E-state index contributed by atoms with van der Waals surface area (Å²) in [5.74, 6) is 0.0296. The molecular formula is C17H24FN3O2. The van der Waals surface area contributed by atoms with E-state index in [2.05, 4.69) is 17.6 Å². The van der Waals surface area contributed by atoms with E-state index in [0.717, 1.165) is 12.0 Å². The Morgan fingerprint density at radius 2 is 2.04 bits per heavy atom. The highest BCUT2D eigenvalue weighted by Crippen LogP contribution is 2.35. The lowest BCUT2D eigenvalue weighted by molar-refractivity contribution is -0.118. The topological polar surface area (TPSA) is 61.4 Å². The molecule has 1 heterocycles. The number of hydrogen-bond donors (Lipinski definition) is 2. The Morgan fingerprint density at radius 3 is 2.74 bits per heavy atom. The van der Waals surface area contributed by atoms with E-state index in [1.807, 2.05) is 6.07 Å². The maximum absolute atomic E-state index is 13.4. The molecule has 0 spiro atoms. The highest BCUT2D eigenvalue weighted by molar-refractivity contribution is 5.75. The predicted octanol–water partition coefficient (Wildman–Crippen LogP) is 2.44. The van der Waals surface area contributed by atoms with E-state index < -0.39 is 0 Å². The first-order valence-corrected chi connectivity index (χ1v) is 8.01. The van der Waals surface area contributed by atoms with Crippen molar-refractivity contribution in [2.24, 2.45) is 5.92 Å². The number of benzene rings is 1. The average Bonchev–Trinajstić information content (AvgIpc) is 2.88. The summed E-state index contributed by atoms with van der Waals surface area (Å²) in [4.78, 5) is 24.9. The standard InChI is InChI=1S/C17H24FN3O2/c1-12-9-16(14-5-3-6-15(18)10-14)21(11-12)17(23)20-8-4-7-19-13(2)22/h3,5-6,10,12,16H,4,7-9,11H2,1-2H3,(H,19,22)(H,20,23)/t12-,16-/m1/s1. The van der Waals surface area contributed by atoms with Gasteiger partial charge in [-0.25, -0.2) is 9.18 Å². The van der Waals surface area contributed by atoms with Crippen LogP contribution >= 0.6 is 0 Å². The first kappa shape index (κ1) is 17.2. The summed E-state index contributed by atoms with van der Waals surface area (Å²) in [7, 11) is 0. The summed E-state index contributed by atoms with van der Waals surface area (Å²) < 4.78 is 13.4. The highest BCUT2D eigenvalue weighted by Gasteiger charge is 2.34. The molecular weight excluding hydrogens is 297 g/mol. The summed E-state index contributed by atoms with van der Waals surface area (Å²) in [6, 6.07) is 6.23. The molecule has 0 radical (unpaired) electrons. The molecule has 3 amide bonds. The number of nitrogens with zero attached hydrogens (tertiary/aromatic N) is 1. The molecule has 0 bridgehead atoms. The molecule has 1 aromatic rings. The molecule has 5 nitrogen and oxygen atoms in total. The van der Waals surface area contributed by atoms with Crippen molar-refractivity contribution >= 4 is 11.9 Å². The molecule has 1 fully saturated rings. The Bertz CT molecular complexity index is 565. The van der Waals surface area contributed by atoms with Gasteiger partial charge in [0.05, 0.1) is 6.04 Å². The van der Waals surface area contributed by atoms with Crippen LogP contribution in [0.1, 0.15) is 38.3 Å². The Labute approximate surface area is 136 Å². The summed E-state index contributed by atoms with van der Waals surface area (Å²) in [6.45, 7) is 5.27. The second kappa shape index (κ2) is 7.94. The molecule has 0 unspecified atom stereocenters. The fourth-order valence-electron chi connectivity index (χ4n) is 2.95. The van der Waals surface area contributed by atoms with Crippen LogP contribution in [0.25, 0.3) is 0 Å². The van der Waals surface area contributed by atoms with Crippen LogP contribution in [0.15, 0.2) is 24.3 Å². The van der Waals surface area contributed by atoms with Crippen LogP contribution in [0.5, 0.6) is 0 Å². The number of nitrogens with one attached hydrogen (secondary N) is 2. The minimum absolute atomic E-state index is 0.0733. The number of carbonyl (C=O) groups excluding carboxylic acids is 2. The van der Waals surface area contributed by atoms with Crippen molar-refractivity contribution in [1.29, 1.82) is 0 Å². The number of urea groups is 1. The molecule has 1 aromatic carbocycles. The minimum Gasteiger partial charge on any atom is -0.356 e. The smallest absolute Gasteiger partial charge is 0.317 e. The molecule has 1 saturated heterocycles. The third-order valence-electron chi connectivity index (χ3n) is 4.01. The first-order chi connectivity index (χ1) is 11.0. The summed E-state index contributed by atoms with van der Waals surface area (Å²) in [5.41, 5.74) is 0.836. The van der Waals surface area contributed by atoms with Gasteiger partial charge in [-0.05, 0) is 36.5 Å². The van der Waals surface area contributed by atoms with E-state index in [1.54, 1.807) is 11.0 Å². The van der Waals surface area contributed by atoms with Gasteiger partial charge in [0.15, 0.2) is 0 Å². The third kappa shape index (κ3) is 4.94. The van der Waals surface area contributed by atoms with Crippen LogP contribution in [0.2, 0.25) is 0 Å². The van der Waals surface area contributed by atoms with E-state index in [0.29, 0.717) is 32.0 Å². The molecule has 0 saturated carbocycles. The molecule has 0 aliphatic carbocycles. The fourth-order valence-corrected chi connectivity index (χ4v) is 2.95. The second-order valence-corrected chi connectivity index (χ2v) is 6.13. The maximum atomic E-state index is 13.4. The van der Waals surface area contributed by atoms with Crippen molar-refractivity contribution in [2.45, 2.75) is 32.7 Å². The quantitative estimate of drug-likeness (QED) is 0.818. The SMILES string of the molecule is CC(=O)NCCCNC(=O)N1C[C@H](C)C[C@@H]1c1cccc(F)c1. The van der Waals surface area contributed by atoms with Crippen LogP contribution in [0, 0.1) is 11.7 Å². The van der Waals surface area contributed by atoms with Crippen molar-refractivity contribution in [3.63, 3.8) is 0 Å². The molecule has 2 rings (SSSR count). The Balaban J connectivity index is 1.91. The van der Waals surface area contributed by atoms with Gasteiger partial charge < -0.3 is 15.5 Å². The van der Waals surface area contributed by atoms with Gasteiger partial charge in [-0.1, -0.05) is 19.1 Å². The molecule has 1 aliphatic rings. The molecule has 6 heteroatoms. The van der Waals surface area contributed by atoms with E-state index in [1.165, 1.54) is 19.1 Å². The molecule has 2 N–H and O–H groups in total. The number of hydrogen-bond acceptors (Lipinski definition) is 2. The van der Waals surface area contributed by atoms with Crippen molar-refractivity contribution in [2.75, 3.05) is 19.6 Å². The molecule has 0 aromatic heterocycles. The monoisotopic (exact) mass is 321 g/mol. The van der Waals surface area contributed by atoms with Gasteiger partial charge in [0, 0.05) is 26.6 Å².